The molecule has 1 unspecified atom stereocenters. The average Bonchev–Trinajstić information content (AvgIpc) is 3.05. The number of aromatic nitrogens is 4. The third-order valence-corrected chi connectivity index (χ3v) is 4.04. The summed E-state index contributed by atoms with van der Waals surface area (Å²) in [5, 5.41) is 25.1. The lowest BCUT2D eigenvalue weighted by Gasteiger charge is -2.10. The summed E-state index contributed by atoms with van der Waals surface area (Å²) < 4.78 is 6.88. The zero-order valence-electron chi connectivity index (χ0n) is 13.3. The lowest BCUT2D eigenvalue weighted by atomic mass is 10.1. The van der Waals surface area contributed by atoms with E-state index in [0.29, 0.717) is 17.2 Å². The number of aliphatic hydroxyl groups excluding tert-OH is 1. The maximum Gasteiger partial charge on any atom is 0.186 e. The molecule has 1 N–H and O–H groups in total. The SMILES string of the molecule is COc1ccc(-c2nnc3c4ccccc4c(C(C)O)nn23)cc1. The van der Waals surface area contributed by atoms with Gasteiger partial charge >= 0.3 is 0 Å². The van der Waals surface area contributed by atoms with Gasteiger partial charge in [0.15, 0.2) is 11.5 Å². The smallest absolute Gasteiger partial charge is 0.186 e. The number of fused-ring (bicyclic) bond motifs is 3. The van der Waals surface area contributed by atoms with Gasteiger partial charge in [0, 0.05) is 16.3 Å². The minimum absolute atomic E-state index is 0.604. The Labute approximate surface area is 138 Å². The van der Waals surface area contributed by atoms with Crippen molar-refractivity contribution in [3.63, 3.8) is 0 Å². The third kappa shape index (κ3) is 2.19. The number of benzene rings is 2. The minimum Gasteiger partial charge on any atom is -0.497 e. The minimum atomic E-state index is -0.689. The van der Waals surface area contributed by atoms with Crippen molar-refractivity contribution in [2.75, 3.05) is 7.11 Å². The van der Waals surface area contributed by atoms with Gasteiger partial charge in [-0.2, -0.15) is 9.61 Å². The van der Waals surface area contributed by atoms with Gasteiger partial charge in [-0.3, -0.25) is 0 Å². The molecule has 0 saturated carbocycles. The zero-order chi connectivity index (χ0) is 16.7. The fourth-order valence-corrected chi connectivity index (χ4v) is 2.83. The molecule has 6 heteroatoms. The summed E-state index contributed by atoms with van der Waals surface area (Å²) in [6.07, 6.45) is -0.689. The first kappa shape index (κ1) is 14.6. The van der Waals surface area contributed by atoms with Gasteiger partial charge in [0.2, 0.25) is 0 Å². The van der Waals surface area contributed by atoms with E-state index in [9.17, 15) is 5.11 Å². The van der Waals surface area contributed by atoms with Crippen LogP contribution < -0.4 is 4.74 Å². The molecule has 1 atom stereocenters. The number of methoxy groups -OCH3 is 1. The van der Waals surface area contributed by atoms with Crippen LogP contribution >= 0.6 is 0 Å². The summed E-state index contributed by atoms with van der Waals surface area (Å²) in [5.74, 6) is 1.40. The van der Waals surface area contributed by atoms with Gasteiger partial charge in [0.05, 0.1) is 18.9 Å². The van der Waals surface area contributed by atoms with E-state index >= 15 is 0 Å². The quantitative estimate of drug-likeness (QED) is 0.628. The van der Waals surface area contributed by atoms with Crippen LogP contribution in [0, 0.1) is 0 Å². The van der Waals surface area contributed by atoms with Gasteiger partial charge in [-0.15, -0.1) is 10.2 Å². The number of ether oxygens (including phenoxy) is 1. The molecule has 0 aliphatic heterocycles. The lowest BCUT2D eigenvalue weighted by molar-refractivity contribution is 0.194. The van der Waals surface area contributed by atoms with Crippen molar-refractivity contribution in [2.24, 2.45) is 0 Å². The molecular formula is C18H16N4O2. The van der Waals surface area contributed by atoms with Crippen LogP contribution in [-0.4, -0.2) is 32.0 Å². The first-order chi connectivity index (χ1) is 11.7. The second-order valence-corrected chi connectivity index (χ2v) is 5.59. The summed E-state index contributed by atoms with van der Waals surface area (Å²) in [6, 6.07) is 15.3. The predicted molar refractivity (Wildman–Crippen MR) is 90.9 cm³/mol. The predicted octanol–water partition coefficient (Wildman–Crippen LogP) is 3.01. The monoisotopic (exact) mass is 320 g/mol. The van der Waals surface area contributed by atoms with Crippen LogP contribution in [0.5, 0.6) is 5.75 Å². The molecule has 2 aromatic carbocycles. The molecule has 0 saturated heterocycles. The van der Waals surface area contributed by atoms with Crippen molar-refractivity contribution >= 4 is 16.4 Å². The molecule has 0 aliphatic carbocycles. The molecule has 120 valence electrons. The molecule has 4 rings (SSSR count). The first-order valence-electron chi connectivity index (χ1n) is 7.65. The Balaban J connectivity index is 2.01. The van der Waals surface area contributed by atoms with Crippen molar-refractivity contribution in [1.82, 2.24) is 19.8 Å². The van der Waals surface area contributed by atoms with Crippen LogP contribution in [0.1, 0.15) is 18.7 Å². The van der Waals surface area contributed by atoms with Crippen molar-refractivity contribution in [2.45, 2.75) is 13.0 Å². The average molecular weight is 320 g/mol. The third-order valence-electron chi connectivity index (χ3n) is 4.04. The number of hydrogen-bond acceptors (Lipinski definition) is 5. The van der Waals surface area contributed by atoms with Crippen LogP contribution in [0.3, 0.4) is 0 Å². The van der Waals surface area contributed by atoms with Crippen LogP contribution in [0.4, 0.5) is 0 Å². The molecular weight excluding hydrogens is 304 g/mol. The summed E-state index contributed by atoms with van der Waals surface area (Å²) in [7, 11) is 1.63. The molecule has 0 radical (unpaired) electrons. The largest absolute Gasteiger partial charge is 0.497 e. The summed E-state index contributed by atoms with van der Waals surface area (Å²) in [4.78, 5) is 0. The van der Waals surface area contributed by atoms with Crippen molar-refractivity contribution in [3.8, 4) is 17.1 Å². The zero-order valence-corrected chi connectivity index (χ0v) is 13.3. The van der Waals surface area contributed by atoms with E-state index in [0.717, 1.165) is 22.1 Å². The highest BCUT2D eigenvalue weighted by Crippen LogP contribution is 2.28. The molecule has 4 aromatic rings. The maximum absolute atomic E-state index is 10.1. The van der Waals surface area contributed by atoms with Gasteiger partial charge in [0.25, 0.3) is 0 Å². The second kappa shape index (κ2) is 5.58. The Morgan fingerprint density at radius 3 is 2.38 bits per heavy atom. The van der Waals surface area contributed by atoms with E-state index < -0.39 is 6.10 Å². The van der Waals surface area contributed by atoms with Gasteiger partial charge in [0.1, 0.15) is 5.75 Å². The summed E-state index contributed by atoms with van der Waals surface area (Å²) in [6.45, 7) is 1.71. The van der Waals surface area contributed by atoms with E-state index in [1.807, 2.05) is 48.5 Å². The Morgan fingerprint density at radius 2 is 1.71 bits per heavy atom. The van der Waals surface area contributed by atoms with Crippen molar-refractivity contribution < 1.29 is 9.84 Å². The molecule has 24 heavy (non-hydrogen) atoms. The molecule has 0 amide bonds. The Kier molecular flexibility index (Phi) is 3.39. The van der Waals surface area contributed by atoms with Gasteiger partial charge in [-0.05, 0) is 31.2 Å². The lowest BCUT2D eigenvalue weighted by Crippen LogP contribution is -2.04. The Morgan fingerprint density at radius 1 is 1.00 bits per heavy atom. The number of aliphatic hydroxyl groups is 1. The van der Waals surface area contributed by atoms with E-state index in [4.69, 9.17) is 4.74 Å². The fourth-order valence-electron chi connectivity index (χ4n) is 2.83. The Hall–Kier alpha value is -2.99. The van der Waals surface area contributed by atoms with E-state index in [1.165, 1.54) is 0 Å². The summed E-state index contributed by atoms with van der Waals surface area (Å²) in [5.41, 5.74) is 2.15. The van der Waals surface area contributed by atoms with Gasteiger partial charge in [-0.25, -0.2) is 0 Å². The molecule has 2 heterocycles. The molecule has 6 nitrogen and oxygen atoms in total. The maximum atomic E-state index is 10.1. The van der Waals surface area contributed by atoms with E-state index in [1.54, 1.807) is 18.5 Å². The normalized spacial score (nSPS) is 12.6. The topological polar surface area (TPSA) is 72.5 Å². The number of rotatable bonds is 3. The van der Waals surface area contributed by atoms with Gasteiger partial charge in [-0.1, -0.05) is 24.3 Å². The van der Waals surface area contributed by atoms with Crippen LogP contribution in [0.15, 0.2) is 48.5 Å². The van der Waals surface area contributed by atoms with Crippen LogP contribution in [0.2, 0.25) is 0 Å². The van der Waals surface area contributed by atoms with Crippen molar-refractivity contribution in [1.29, 1.82) is 0 Å². The highest BCUT2D eigenvalue weighted by atomic mass is 16.5. The van der Waals surface area contributed by atoms with Crippen LogP contribution in [0.25, 0.3) is 27.8 Å². The van der Waals surface area contributed by atoms with Crippen molar-refractivity contribution in [3.05, 3.63) is 54.2 Å². The molecule has 2 aromatic heterocycles. The molecule has 0 bridgehead atoms. The standard InChI is InChI=1S/C18H16N4O2/c1-11(23)16-14-5-3-4-6-15(14)18-20-19-17(22(18)21-16)12-7-9-13(24-2)10-8-12/h3-11,23H,1-2H3. The second-order valence-electron chi connectivity index (χ2n) is 5.59. The highest BCUT2D eigenvalue weighted by molar-refractivity contribution is 5.95. The molecule has 0 aliphatic rings. The van der Waals surface area contributed by atoms with E-state index in [-0.39, 0.29) is 0 Å². The Bertz CT molecular complexity index is 1020. The molecule has 0 spiro atoms. The number of nitrogens with zero attached hydrogens (tertiary/aromatic N) is 4. The summed E-state index contributed by atoms with van der Waals surface area (Å²) >= 11 is 0. The fraction of sp³-hybridized carbons (Fsp3) is 0.167. The van der Waals surface area contributed by atoms with E-state index in [2.05, 4.69) is 15.3 Å². The highest BCUT2D eigenvalue weighted by Gasteiger charge is 2.17. The number of hydrogen-bond donors (Lipinski definition) is 1. The van der Waals surface area contributed by atoms with Crippen LogP contribution in [-0.2, 0) is 0 Å². The van der Waals surface area contributed by atoms with Gasteiger partial charge < -0.3 is 9.84 Å². The first-order valence-corrected chi connectivity index (χ1v) is 7.65. The molecule has 0 fully saturated rings.